The summed E-state index contributed by atoms with van der Waals surface area (Å²) in [4.78, 5) is 37.8. The number of carbonyl (C=O) groups is 1. The second-order valence-corrected chi connectivity index (χ2v) is 7.44. The molecule has 5 rings (SSSR count). The zero-order valence-corrected chi connectivity index (χ0v) is 15.2. The molecule has 2 N–H and O–H groups in total. The van der Waals surface area contributed by atoms with Crippen molar-refractivity contribution in [2.75, 3.05) is 24.5 Å². The monoisotopic (exact) mass is 381 g/mol. The van der Waals surface area contributed by atoms with Crippen LogP contribution in [0.25, 0.3) is 11.2 Å². The van der Waals surface area contributed by atoms with Gasteiger partial charge in [-0.3, -0.25) is 9.78 Å². The van der Waals surface area contributed by atoms with E-state index in [-0.39, 0.29) is 17.4 Å². The highest BCUT2D eigenvalue weighted by atomic mass is 19.1. The van der Waals surface area contributed by atoms with Gasteiger partial charge in [0.25, 0.3) is 5.91 Å². The molecule has 1 fully saturated rings. The third kappa shape index (κ3) is 2.85. The number of benzene rings is 1. The van der Waals surface area contributed by atoms with Gasteiger partial charge >= 0.3 is 5.69 Å². The van der Waals surface area contributed by atoms with Gasteiger partial charge in [-0.05, 0) is 49.1 Å². The number of anilines is 1. The number of likely N-dealkylation sites (tertiary alicyclic amines) is 1. The molecule has 7 nitrogen and oxygen atoms in total. The minimum absolute atomic E-state index is 0.0706. The second-order valence-electron chi connectivity index (χ2n) is 7.44. The van der Waals surface area contributed by atoms with Crippen molar-refractivity contribution < 1.29 is 9.18 Å². The van der Waals surface area contributed by atoms with Gasteiger partial charge in [0.1, 0.15) is 5.82 Å². The summed E-state index contributed by atoms with van der Waals surface area (Å²) in [6.07, 6.45) is 4.12. The van der Waals surface area contributed by atoms with Gasteiger partial charge in [-0.25, -0.2) is 14.2 Å². The SMILES string of the molecule is O=C(c1cnc2[nH]c(=O)[nH]c2c1)N1CCC(N2CCc3cc(F)ccc32)CC1. The number of nitrogens with zero attached hydrogens (tertiary/aromatic N) is 3. The zero-order chi connectivity index (χ0) is 19.3. The minimum Gasteiger partial charge on any atom is -0.368 e. The molecule has 2 aliphatic rings. The van der Waals surface area contributed by atoms with Gasteiger partial charge in [0.15, 0.2) is 5.65 Å². The molecule has 1 saturated heterocycles. The summed E-state index contributed by atoms with van der Waals surface area (Å²) in [5, 5.41) is 0. The summed E-state index contributed by atoms with van der Waals surface area (Å²) in [7, 11) is 0. The molecular formula is C20H20FN5O2. The first-order valence-corrected chi connectivity index (χ1v) is 9.51. The van der Waals surface area contributed by atoms with Crippen LogP contribution >= 0.6 is 0 Å². The van der Waals surface area contributed by atoms with E-state index in [0.29, 0.717) is 35.9 Å². The van der Waals surface area contributed by atoms with Crippen LogP contribution in [-0.4, -0.2) is 51.4 Å². The van der Waals surface area contributed by atoms with Crippen molar-refractivity contribution in [1.82, 2.24) is 19.9 Å². The molecule has 0 radical (unpaired) electrons. The number of aromatic amines is 2. The maximum absolute atomic E-state index is 13.4. The van der Waals surface area contributed by atoms with Gasteiger partial charge in [0.05, 0.1) is 11.1 Å². The third-order valence-corrected chi connectivity index (χ3v) is 5.78. The molecule has 1 aromatic carbocycles. The molecule has 4 heterocycles. The molecule has 3 aromatic rings. The predicted molar refractivity (Wildman–Crippen MR) is 103 cm³/mol. The Labute approximate surface area is 160 Å². The van der Waals surface area contributed by atoms with Crippen LogP contribution in [0, 0.1) is 5.82 Å². The number of rotatable bonds is 2. The quantitative estimate of drug-likeness (QED) is 0.712. The standard InChI is InChI=1S/C20H20FN5O2/c21-14-1-2-17-12(9-14)3-8-26(17)15-4-6-25(7-5-15)19(27)13-10-16-18(22-11-13)24-20(28)23-16/h1-2,9-11,15H,3-8H2,(H2,22,23,24,28). The van der Waals surface area contributed by atoms with Crippen molar-refractivity contribution in [3.8, 4) is 0 Å². The maximum Gasteiger partial charge on any atom is 0.325 e. The predicted octanol–water partition coefficient (Wildman–Crippen LogP) is 2.06. The highest BCUT2D eigenvalue weighted by molar-refractivity contribution is 5.96. The average Bonchev–Trinajstić information content (AvgIpc) is 3.28. The number of piperidine rings is 1. The molecule has 0 spiro atoms. The molecule has 0 bridgehead atoms. The van der Waals surface area contributed by atoms with E-state index in [9.17, 15) is 14.0 Å². The Hall–Kier alpha value is -3.16. The van der Waals surface area contributed by atoms with Gasteiger partial charge in [0, 0.05) is 37.6 Å². The van der Waals surface area contributed by atoms with Crippen LogP contribution in [0.15, 0.2) is 35.3 Å². The molecular weight excluding hydrogens is 361 g/mol. The summed E-state index contributed by atoms with van der Waals surface area (Å²) in [5.41, 5.74) is 3.31. The summed E-state index contributed by atoms with van der Waals surface area (Å²) in [6.45, 7) is 2.23. The normalized spacial score (nSPS) is 17.3. The number of nitrogens with one attached hydrogen (secondary N) is 2. The summed E-state index contributed by atoms with van der Waals surface area (Å²) >= 11 is 0. The highest BCUT2D eigenvalue weighted by Crippen LogP contribution is 2.33. The van der Waals surface area contributed by atoms with Crippen molar-refractivity contribution >= 4 is 22.8 Å². The lowest BCUT2D eigenvalue weighted by molar-refractivity contribution is 0.0712. The first-order valence-electron chi connectivity index (χ1n) is 9.51. The zero-order valence-electron chi connectivity index (χ0n) is 15.2. The summed E-state index contributed by atoms with van der Waals surface area (Å²) in [6, 6.07) is 7.04. The Bertz CT molecular complexity index is 1110. The Morgan fingerprint density at radius 3 is 2.79 bits per heavy atom. The number of carbonyl (C=O) groups excluding carboxylic acids is 1. The lowest BCUT2D eigenvalue weighted by atomic mass is 10.0. The number of hydrogen-bond acceptors (Lipinski definition) is 4. The first-order chi connectivity index (χ1) is 13.6. The number of amides is 1. The van der Waals surface area contributed by atoms with Gasteiger partial charge in [0.2, 0.25) is 0 Å². The maximum atomic E-state index is 13.4. The van der Waals surface area contributed by atoms with Crippen molar-refractivity contribution in [3.05, 3.63) is 57.9 Å². The summed E-state index contributed by atoms with van der Waals surface area (Å²) in [5.74, 6) is -0.255. The van der Waals surface area contributed by atoms with Gasteiger partial charge < -0.3 is 14.8 Å². The Kier molecular flexibility index (Phi) is 3.92. The van der Waals surface area contributed by atoms with E-state index >= 15 is 0 Å². The van der Waals surface area contributed by atoms with Crippen LogP contribution in [0.2, 0.25) is 0 Å². The summed E-state index contributed by atoms with van der Waals surface area (Å²) < 4.78 is 13.4. The smallest absolute Gasteiger partial charge is 0.325 e. The van der Waals surface area contributed by atoms with Crippen molar-refractivity contribution in [1.29, 1.82) is 0 Å². The fourth-order valence-electron chi connectivity index (χ4n) is 4.38. The Morgan fingerprint density at radius 2 is 1.96 bits per heavy atom. The van der Waals surface area contributed by atoms with E-state index in [2.05, 4.69) is 19.9 Å². The molecule has 0 unspecified atom stereocenters. The van der Waals surface area contributed by atoms with E-state index < -0.39 is 0 Å². The van der Waals surface area contributed by atoms with Gasteiger partial charge in [-0.2, -0.15) is 0 Å². The van der Waals surface area contributed by atoms with E-state index in [1.165, 1.54) is 12.3 Å². The van der Waals surface area contributed by atoms with E-state index in [1.54, 1.807) is 12.1 Å². The second kappa shape index (κ2) is 6.47. The number of halogens is 1. The number of fused-ring (bicyclic) bond motifs is 2. The largest absolute Gasteiger partial charge is 0.368 e. The fraction of sp³-hybridized carbons (Fsp3) is 0.350. The van der Waals surface area contributed by atoms with Crippen molar-refractivity contribution in [2.45, 2.75) is 25.3 Å². The molecule has 2 aromatic heterocycles. The van der Waals surface area contributed by atoms with Crippen molar-refractivity contribution in [2.24, 2.45) is 0 Å². The van der Waals surface area contributed by atoms with Crippen LogP contribution in [0.3, 0.4) is 0 Å². The van der Waals surface area contributed by atoms with E-state index in [4.69, 9.17) is 0 Å². The Morgan fingerprint density at radius 1 is 1.14 bits per heavy atom. The lowest BCUT2D eigenvalue weighted by Gasteiger charge is -2.38. The number of pyridine rings is 1. The van der Waals surface area contributed by atoms with E-state index in [0.717, 1.165) is 37.1 Å². The molecule has 1 amide bonds. The molecule has 144 valence electrons. The highest BCUT2D eigenvalue weighted by Gasteiger charge is 2.31. The molecule has 0 atom stereocenters. The lowest BCUT2D eigenvalue weighted by Crippen LogP contribution is -2.46. The topological polar surface area (TPSA) is 85.1 Å². The average molecular weight is 381 g/mol. The van der Waals surface area contributed by atoms with Crippen LogP contribution in [0.4, 0.5) is 10.1 Å². The van der Waals surface area contributed by atoms with Crippen molar-refractivity contribution in [3.63, 3.8) is 0 Å². The fourth-order valence-corrected chi connectivity index (χ4v) is 4.38. The molecule has 28 heavy (non-hydrogen) atoms. The first kappa shape index (κ1) is 17.0. The van der Waals surface area contributed by atoms with Gasteiger partial charge in [-0.1, -0.05) is 0 Å². The Balaban J connectivity index is 1.28. The van der Waals surface area contributed by atoms with Crippen LogP contribution in [0.1, 0.15) is 28.8 Å². The molecule has 0 aliphatic carbocycles. The van der Waals surface area contributed by atoms with E-state index in [1.807, 2.05) is 11.0 Å². The molecule has 8 heteroatoms. The molecule has 2 aliphatic heterocycles. The van der Waals surface area contributed by atoms with Crippen LogP contribution in [-0.2, 0) is 6.42 Å². The van der Waals surface area contributed by atoms with Crippen LogP contribution in [0.5, 0.6) is 0 Å². The van der Waals surface area contributed by atoms with Crippen LogP contribution < -0.4 is 10.6 Å². The minimum atomic E-state index is -0.335. The number of H-pyrrole nitrogens is 2. The van der Waals surface area contributed by atoms with Gasteiger partial charge in [-0.15, -0.1) is 0 Å². The number of aromatic nitrogens is 3. The molecule has 0 saturated carbocycles. The number of hydrogen-bond donors (Lipinski definition) is 2. The third-order valence-electron chi connectivity index (χ3n) is 5.78. The number of imidazole rings is 1.